The summed E-state index contributed by atoms with van der Waals surface area (Å²) >= 11 is 0. The van der Waals surface area contributed by atoms with Crippen LogP contribution >= 0.6 is 0 Å². The first-order valence-corrected chi connectivity index (χ1v) is 10.2. The van der Waals surface area contributed by atoms with Crippen LogP contribution in [-0.2, 0) is 0 Å². The van der Waals surface area contributed by atoms with Crippen LogP contribution in [0.15, 0.2) is 36.7 Å². The number of rotatable bonds is 6. The number of nitrogens with one attached hydrogen (secondary N) is 2. The molecule has 0 spiro atoms. The molecule has 10 heteroatoms. The van der Waals surface area contributed by atoms with E-state index >= 15 is 0 Å². The van der Waals surface area contributed by atoms with Crippen LogP contribution in [0.1, 0.15) is 19.8 Å². The number of amides is 3. The van der Waals surface area contributed by atoms with Gasteiger partial charge in [0, 0.05) is 39.4 Å². The van der Waals surface area contributed by atoms with Crippen molar-refractivity contribution in [3.63, 3.8) is 0 Å². The van der Waals surface area contributed by atoms with E-state index in [0.29, 0.717) is 36.3 Å². The zero-order valence-electron chi connectivity index (χ0n) is 18.0. The number of ether oxygens (including phenoxy) is 2. The summed E-state index contributed by atoms with van der Waals surface area (Å²) in [5.41, 5.74) is 0. The van der Waals surface area contributed by atoms with E-state index in [2.05, 4.69) is 25.5 Å². The summed E-state index contributed by atoms with van der Waals surface area (Å²) in [4.78, 5) is 36.6. The standard InChI is InChI=1S/C21H28N6O4/c1-4-30-17-7-8-18(24-13-17)25-20(28)26(3)15-6-5-11-27(14-15)19-12-16(9-10-23-19)31-21(29)22-2/h7-10,12-13,15H,4-6,11,14H2,1-3H3,(H,22,29)(H,24,25,28)/t15-/m1/s1. The van der Waals surface area contributed by atoms with Crippen molar-refractivity contribution >= 4 is 23.8 Å². The maximum atomic E-state index is 12.7. The van der Waals surface area contributed by atoms with Crippen molar-refractivity contribution in [1.82, 2.24) is 20.2 Å². The number of urea groups is 1. The van der Waals surface area contributed by atoms with Gasteiger partial charge in [0.1, 0.15) is 23.1 Å². The third kappa shape index (κ3) is 5.97. The van der Waals surface area contributed by atoms with Crippen LogP contribution in [0.5, 0.6) is 11.5 Å². The Morgan fingerprint density at radius 2 is 2.10 bits per heavy atom. The first-order valence-electron chi connectivity index (χ1n) is 10.2. The van der Waals surface area contributed by atoms with Gasteiger partial charge in [-0.1, -0.05) is 0 Å². The van der Waals surface area contributed by atoms with Gasteiger partial charge in [-0.25, -0.2) is 19.6 Å². The van der Waals surface area contributed by atoms with Crippen molar-refractivity contribution in [2.75, 3.05) is 44.0 Å². The van der Waals surface area contributed by atoms with Crippen molar-refractivity contribution in [2.24, 2.45) is 0 Å². The Labute approximate surface area is 181 Å². The Bertz CT molecular complexity index is 892. The Kier molecular flexibility index (Phi) is 7.47. The SMILES string of the molecule is CCOc1ccc(NC(=O)N(C)[C@@H]2CCCN(c3cc(OC(=O)NC)ccn3)C2)nc1. The predicted molar refractivity (Wildman–Crippen MR) is 117 cm³/mol. The number of aromatic nitrogens is 2. The fraction of sp³-hybridized carbons (Fsp3) is 0.429. The van der Waals surface area contributed by atoms with Crippen LogP contribution in [0.2, 0.25) is 0 Å². The summed E-state index contributed by atoms with van der Waals surface area (Å²) in [6.45, 7) is 3.89. The van der Waals surface area contributed by atoms with E-state index in [9.17, 15) is 9.59 Å². The fourth-order valence-electron chi connectivity index (χ4n) is 3.34. The summed E-state index contributed by atoms with van der Waals surface area (Å²) < 4.78 is 10.6. The first kappa shape index (κ1) is 22.1. The second-order valence-electron chi connectivity index (χ2n) is 7.08. The topological polar surface area (TPSA) is 109 Å². The number of piperidine rings is 1. The maximum Gasteiger partial charge on any atom is 0.412 e. The molecule has 2 N–H and O–H groups in total. The molecule has 1 saturated heterocycles. The lowest BCUT2D eigenvalue weighted by molar-refractivity contribution is 0.195. The summed E-state index contributed by atoms with van der Waals surface area (Å²) in [6.07, 6.45) is 4.44. The van der Waals surface area contributed by atoms with Gasteiger partial charge in [-0.05, 0) is 38.0 Å². The first-order chi connectivity index (χ1) is 15.0. The molecule has 3 rings (SSSR count). The molecule has 1 aliphatic heterocycles. The highest BCUT2D eigenvalue weighted by atomic mass is 16.6. The quantitative estimate of drug-likeness (QED) is 0.728. The minimum atomic E-state index is -0.534. The van der Waals surface area contributed by atoms with Crippen LogP contribution in [-0.4, -0.2) is 66.8 Å². The molecule has 31 heavy (non-hydrogen) atoms. The van der Waals surface area contributed by atoms with Gasteiger partial charge in [0.15, 0.2) is 0 Å². The molecule has 1 fully saturated rings. The molecule has 3 heterocycles. The van der Waals surface area contributed by atoms with Gasteiger partial charge in [-0.3, -0.25) is 5.32 Å². The molecule has 0 aromatic carbocycles. The van der Waals surface area contributed by atoms with Gasteiger partial charge in [0.05, 0.1) is 18.8 Å². The molecule has 1 aliphatic rings. The highest BCUT2D eigenvalue weighted by Crippen LogP contribution is 2.24. The smallest absolute Gasteiger partial charge is 0.412 e. The number of hydrogen-bond donors (Lipinski definition) is 2. The van der Waals surface area contributed by atoms with Crippen molar-refractivity contribution in [1.29, 1.82) is 0 Å². The van der Waals surface area contributed by atoms with Gasteiger partial charge in [-0.15, -0.1) is 0 Å². The van der Waals surface area contributed by atoms with Crippen molar-refractivity contribution in [3.8, 4) is 11.5 Å². The fourth-order valence-corrected chi connectivity index (χ4v) is 3.34. The molecule has 10 nitrogen and oxygen atoms in total. The van der Waals surface area contributed by atoms with E-state index in [1.165, 1.54) is 7.05 Å². The average molecular weight is 428 g/mol. The largest absolute Gasteiger partial charge is 0.492 e. The Hall–Kier alpha value is -3.56. The van der Waals surface area contributed by atoms with Gasteiger partial charge in [0.25, 0.3) is 0 Å². The number of likely N-dealkylation sites (N-methyl/N-ethyl adjacent to an activating group) is 1. The van der Waals surface area contributed by atoms with E-state index in [0.717, 1.165) is 19.4 Å². The predicted octanol–water partition coefficient (Wildman–Crippen LogP) is 2.73. The highest BCUT2D eigenvalue weighted by Gasteiger charge is 2.27. The van der Waals surface area contributed by atoms with Crippen molar-refractivity contribution in [2.45, 2.75) is 25.8 Å². The summed E-state index contributed by atoms with van der Waals surface area (Å²) in [5, 5.41) is 5.24. The molecule has 0 unspecified atom stereocenters. The number of anilines is 2. The summed E-state index contributed by atoms with van der Waals surface area (Å²) in [7, 11) is 3.28. The highest BCUT2D eigenvalue weighted by molar-refractivity contribution is 5.88. The minimum Gasteiger partial charge on any atom is -0.492 e. The molecule has 3 amide bonds. The molecule has 0 aliphatic carbocycles. The van der Waals surface area contributed by atoms with E-state index < -0.39 is 6.09 Å². The molecule has 2 aromatic heterocycles. The van der Waals surface area contributed by atoms with Crippen molar-refractivity contribution < 1.29 is 19.1 Å². The molecule has 2 aromatic rings. The molecule has 0 bridgehead atoms. The van der Waals surface area contributed by atoms with Gasteiger partial charge in [-0.2, -0.15) is 0 Å². The minimum absolute atomic E-state index is 0.00163. The molecule has 0 radical (unpaired) electrons. The van der Waals surface area contributed by atoms with Gasteiger partial charge < -0.3 is 24.6 Å². The number of pyridine rings is 2. The Balaban J connectivity index is 1.61. The number of nitrogens with zero attached hydrogens (tertiary/aromatic N) is 4. The van der Waals surface area contributed by atoms with Crippen LogP contribution in [0.4, 0.5) is 21.2 Å². The van der Waals surface area contributed by atoms with Crippen LogP contribution < -0.4 is 25.0 Å². The monoisotopic (exact) mass is 428 g/mol. The lowest BCUT2D eigenvalue weighted by Crippen LogP contribution is -2.50. The zero-order chi connectivity index (χ0) is 22.2. The molecule has 0 saturated carbocycles. The third-order valence-electron chi connectivity index (χ3n) is 5.00. The molecular weight excluding hydrogens is 400 g/mol. The normalized spacial score (nSPS) is 15.7. The number of hydrogen-bond acceptors (Lipinski definition) is 7. The zero-order valence-corrected chi connectivity index (χ0v) is 18.0. The Morgan fingerprint density at radius 1 is 1.26 bits per heavy atom. The number of carbonyl (C=O) groups is 2. The van der Waals surface area contributed by atoms with Crippen LogP contribution in [0.25, 0.3) is 0 Å². The van der Waals surface area contributed by atoms with Crippen molar-refractivity contribution in [3.05, 3.63) is 36.7 Å². The van der Waals surface area contributed by atoms with E-state index in [4.69, 9.17) is 9.47 Å². The van der Waals surface area contributed by atoms with Crippen LogP contribution in [0, 0.1) is 0 Å². The Morgan fingerprint density at radius 3 is 2.81 bits per heavy atom. The van der Waals surface area contributed by atoms with E-state index in [1.807, 2.05) is 6.92 Å². The molecule has 1 atom stereocenters. The van der Waals surface area contributed by atoms with E-state index in [-0.39, 0.29) is 12.1 Å². The average Bonchev–Trinajstić information content (AvgIpc) is 2.80. The molecular formula is C21H28N6O4. The molecule has 166 valence electrons. The van der Waals surface area contributed by atoms with E-state index in [1.54, 1.807) is 48.6 Å². The number of carbonyl (C=O) groups excluding carboxylic acids is 2. The lowest BCUT2D eigenvalue weighted by atomic mass is 10.0. The van der Waals surface area contributed by atoms with Gasteiger partial charge in [0.2, 0.25) is 0 Å². The summed E-state index contributed by atoms with van der Waals surface area (Å²) in [5.74, 6) is 2.24. The second-order valence-corrected chi connectivity index (χ2v) is 7.08. The second kappa shape index (κ2) is 10.5. The van der Waals surface area contributed by atoms with Gasteiger partial charge >= 0.3 is 12.1 Å². The third-order valence-corrected chi connectivity index (χ3v) is 5.00. The maximum absolute atomic E-state index is 12.7. The summed E-state index contributed by atoms with van der Waals surface area (Å²) in [6, 6.07) is 6.61. The lowest BCUT2D eigenvalue weighted by Gasteiger charge is -2.38. The van der Waals surface area contributed by atoms with Crippen LogP contribution in [0.3, 0.4) is 0 Å².